The van der Waals surface area contributed by atoms with E-state index in [2.05, 4.69) is 11.8 Å². The van der Waals surface area contributed by atoms with Crippen LogP contribution in [0.4, 0.5) is 0 Å². The third-order valence-electron chi connectivity index (χ3n) is 3.42. The van der Waals surface area contributed by atoms with E-state index in [9.17, 15) is 9.90 Å². The highest BCUT2D eigenvalue weighted by Gasteiger charge is 2.18. The molecule has 23 heavy (non-hydrogen) atoms. The molecule has 5 nitrogen and oxygen atoms in total. The average molecular weight is 341 g/mol. The molecule has 0 amide bonds. The summed E-state index contributed by atoms with van der Waals surface area (Å²) < 4.78 is 5.47. The van der Waals surface area contributed by atoms with Gasteiger partial charge in [0, 0.05) is 0 Å². The summed E-state index contributed by atoms with van der Waals surface area (Å²) in [5, 5.41) is 9.72. The third kappa shape index (κ3) is 8.25. The van der Waals surface area contributed by atoms with Crippen LogP contribution in [0.1, 0.15) is 62.2 Å². The predicted octanol–water partition coefficient (Wildman–Crippen LogP) is 4.42. The first kappa shape index (κ1) is 19.8. The normalized spacial score (nSPS) is 12.1. The molecular formula is C17H27NO4S. The topological polar surface area (TPSA) is 67.8 Å². The number of benzene rings is 1. The van der Waals surface area contributed by atoms with Crippen molar-refractivity contribution in [1.29, 1.82) is 0 Å². The van der Waals surface area contributed by atoms with Crippen molar-refractivity contribution in [2.24, 2.45) is 0 Å². The average Bonchev–Trinajstić information content (AvgIpc) is 2.55. The lowest BCUT2D eigenvalue weighted by atomic mass is 10.1. The number of hydrogen-bond acceptors (Lipinski definition) is 6. The number of para-hydroxylation sites is 1. The van der Waals surface area contributed by atoms with Crippen molar-refractivity contribution in [1.82, 2.24) is 4.89 Å². The van der Waals surface area contributed by atoms with E-state index < -0.39 is 5.97 Å². The Hall–Kier alpha value is -1.24. The Morgan fingerprint density at radius 3 is 2.61 bits per heavy atom. The fourth-order valence-corrected chi connectivity index (χ4v) is 2.79. The zero-order chi connectivity index (χ0) is 16.9. The molecule has 0 aliphatic rings. The molecule has 130 valence electrons. The summed E-state index contributed by atoms with van der Waals surface area (Å²) in [5.74, 6) is -0.593. The minimum Gasteiger partial charge on any atom is -0.507 e. The molecule has 0 aromatic heterocycles. The minimum absolute atomic E-state index is 0.0690. The van der Waals surface area contributed by atoms with Gasteiger partial charge in [-0.05, 0) is 36.9 Å². The van der Waals surface area contributed by atoms with Crippen molar-refractivity contribution in [3.05, 3.63) is 29.8 Å². The number of rotatable bonds is 12. The maximum atomic E-state index is 12.1. The van der Waals surface area contributed by atoms with Crippen molar-refractivity contribution >= 4 is 17.9 Å². The Bertz CT molecular complexity index is 456. The van der Waals surface area contributed by atoms with E-state index >= 15 is 0 Å². The zero-order valence-corrected chi connectivity index (χ0v) is 14.7. The number of esters is 1. The number of phenols is 1. The molecule has 0 spiro atoms. The summed E-state index contributed by atoms with van der Waals surface area (Å²) in [6.07, 6.45) is 7.81. The molecule has 1 atom stereocenters. The summed E-state index contributed by atoms with van der Waals surface area (Å²) in [6.45, 7) is 2.20. The van der Waals surface area contributed by atoms with Crippen LogP contribution in [0.25, 0.3) is 0 Å². The summed E-state index contributed by atoms with van der Waals surface area (Å²) in [7, 11) is 1.51. The molecule has 1 aromatic carbocycles. The number of phenolic OH excluding ortho intramolecular Hbond substituents is 1. The van der Waals surface area contributed by atoms with Crippen LogP contribution in [0.3, 0.4) is 0 Å². The highest BCUT2D eigenvalue weighted by Crippen LogP contribution is 2.22. The van der Waals surface area contributed by atoms with Gasteiger partial charge in [-0.1, -0.05) is 51.2 Å². The van der Waals surface area contributed by atoms with Gasteiger partial charge in [0.25, 0.3) is 0 Å². The Kier molecular flexibility index (Phi) is 10.5. The Labute approximate surface area is 142 Å². The smallest absolute Gasteiger partial charge is 0.343 e. The maximum Gasteiger partial charge on any atom is 0.343 e. The lowest BCUT2D eigenvalue weighted by Gasteiger charge is -2.17. The van der Waals surface area contributed by atoms with Gasteiger partial charge in [-0.2, -0.15) is 0 Å². The first-order valence-electron chi connectivity index (χ1n) is 8.11. The van der Waals surface area contributed by atoms with Crippen molar-refractivity contribution in [2.45, 2.75) is 57.3 Å². The van der Waals surface area contributed by atoms with Crippen molar-refractivity contribution in [2.75, 3.05) is 7.11 Å². The zero-order valence-electron chi connectivity index (χ0n) is 13.9. The molecule has 0 aliphatic heterocycles. The molecule has 6 heteroatoms. The van der Waals surface area contributed by atoms with E-state index in [0.29, 0.717) is 0 Å². The van der Waals surface area contributed by atoms with E-state index in [4.69, 9.17) is 9.57 Å². The van der Waals surface area contributed by atoms with Crippen molar-refractivity contribution in [3.8, 4) is 5.75 Å². The van der Waals surface area contributed by atoms with Crippen LogP contribution in [0, 0.1) is 0 Å². The van der Waals surface area contributed by atoms with Crippen LogP contribution in [-0.2, 0) is 9.57 Å². The predicted molar refractivity (Wildman–Crippen MR) is 93.0 cm³/mol. The van der Waals surface area contributed by atoms with E-state index in [0.717, 1.165) is 19.3 Å². The number of nitrogens with one attached hydrogen (secondary N) is 1. The second kappa shape index (κ2) is 12.2. The molecule has 0 saturated carbocycles. The number of unbranched alkanes of at least 4 members (excludes halogenated alkanes) is 5. The molecule has 0 heterocycles. The summed E-state index contributed by atoms with van der Waals surface area (Å²) in [4.78, 5) is 19.6. The lowest BCUT2D eigenvalue weighted by Crippen LogP contribution is -2.19. The summed E-state index contributed by atoms with van der Waals surface area (Å²) in [5.41, 5.74) is -0.174. The number of carbonyl (C=O) groups excluding carboxylic acids is 1. The SMILES string of the molecule is CCCCCCCCC(OC(=O)c1ccccc1O)SNOC. The minimum atomic E-state index is -0.524. The fraction of sp³-hybridized carbons (Fsp3) is 0.588. The second-order valence-electron chi connectivity index (χ2n) is 5.31. The van der Waals surface area contributed by atoms with E-state index in [1.807, 2.05) is 0 Å². The van der Waals surface area contributed by atoms with Crippen LogP contribution >= 0.6 is 11.9 Å². The van der Waals surface area contributed by atoms with Gasteiger partial charge >= 0.3 is 5.97 Å². The molecule has 0 bridgehead atoms. The van der Waals surface area contributed by atoms with Crippen molar-refractivity contribution < 1.29 is 19.5 Å². The summed E-state index contributed by atoms with van der Waals surface area (Å²) in [6, 6.07) is 6.38. The van der Waals surface area contributed by atoms with Gasteiger partial charge in [0.1, 0.15) is 11.3 Å². The van der Waals surface area contributed by atoms with Crippen LogP contribution in [0.5, 0.6) is 5.75 Å². The highest BCUT2D eigenvalue weighted by atomic mass is 32.2. The van der Waals surface area contributed by atoms with Gasteiger partial charge < -0.3 is 9.84 Å². The first-order valence-corrected chi connectivity index (χ1v) is 8.99. The lowest BCUT2D eigenvalue weighted by molar-refractivity contribution is 0.0432. The van der Waals surface area contributed by atoms with E-state index in [1.165, 1.54) is 50.8 Å². The van der Waals surface area contributed by atoms with Gasteiger partial charge in [0.05, 0.1) is 7.11 Å². The fourth-order valence-electron chi connectivity index (χ4n) is 2.16. The van der Waals surface area contributed by atoms with E-state index in [1.54, 1.807) is 18.2 Å². The number of aromatic hydroxyl groups is 1. The van der Waals surface area contributed by atoms with Crippen LogP contribution in [0.15, 0.2) is 24.3 Å². The number of ether oxygens (including phenoxy) is 1. The van der Waals surface area contributed by atoms with Crippen LogP contribution < -0.4 is 4.89 Å². The monoisotopic (exact) mass is 341 g/mol. The van der Waals surface area contributed by atoms with Crippen LogP contribution in [-0.4, -0.2) is 23.6 Å². The molecular weight excluding hydrogens is 314 g/mol. The second-order valence-corrected chi connectivity index (χ2v) is 6.24. The van der Waals surface area contributed by atoms with Gasteiger partial charge in [0.15, 0.2) is 5.44 Å². The third-order valence-corrected chi connectivity index (χ3v) is 4.28. The quantitative estimate of drug-likeness (QED) is 0.193. The number of hydrogen-bond donors (Lipinski definition) is 2. The van der Waals surface area contributed by atoms with Gasteiger partial charge in [-0.25, -0.2) is 4.79 Å². The van der Waals surface area contributed by atoms with Gasteiger partial charge in [-0.15, -0.1) is 4.89 Å². The van der Waals surface area contributed by atoms with Crippen LogP contribution in [0.2, 0.25) is 0 Å². The Morgan fingerprint density at radius 2 is 1.91 bits per heavy atom. The standard InChI is InChI=1S/C17H27NO4S/c1-3-4-5-6-7-8-13-16(23-18-21-2)22-17(20)14-11-9-10-12-15(14)19/h9-12,16,18-19H,3-8,13H2,1-2H3. The molecule has 1 unspecified atom stereocenters. The van der Waals surface area contributed by atoms with E-state index in [-0.39, 0.29) is 16.7 Å². The molecule has 0 fully saturated rings. The summed E-state index contributed by atoms with van der Waals surface area (Å²) >= 11 is 1.22. The van der Waals surface area contributed by atoms with Gasteiger partial charge in [-0.3, -0.25) is 4.84 Å². The maximum absolute atomic E-state index is 12.1. The Balaban J connectivity index is 2.44. The number of carbonyl (C=O) groups is 1. The molecule has 2 N–H and O–H groups in total. The largest absolute Gasteiger partial charge is 0.507 e. The molecule has 0 saturated heterocycles. The Morgan fingerprint density at radius 1 is 1.22 bits per heavy atom. The molecule has 0 aliphatic carbocycles. The molecule has 0 radical (unpaired) electrons. The highest BCUT2D eigenvalue weighted by molar-refractivity contribution is 7.97. The molecule has 1 rings (SSSR count). The van der Waals surface area contributed by atoms with Crippen molar-refractivity contribution in [3.63, 3.8) is 0 Å². The molecule has 1 aromatic rings. The first-order chi connectivity index (χ1) is 11.2. The van der Waals surface area contributed by atoms with Gasteiger partial charge in [0.2, 0.25) is 0 Å².